The number of nitrogens with two attached hydrogens (primary N) is 1. The third kappa shape index (κ3) is 3.25. The summed E-state index contributed by atoms with van der Waals surface area (Å²) in [4.78, 5) is 16.0. The molecule has 3 rings (SSSR count). The second-order valence-corrected chi connectivity index (χ2v) is 5.42. The minimum Gasteiger partial charge on any atom is -0.369 e. The Kier molecular flexibility index (Phi) is 4.30. The highest BCUT2D eigenvalue weighted by atomic mass is 19.1. The molecule has 0 aromatic heterocycles. The molecule has 0 saturated heterocycles. The molecule has 25 heavy (non-hydrogen) atoms. The predicted molar refractivity (Wildman–Crippen MR) is 96.7 cm³/mol. The molecule has 0 unspecified atom stereocenters. The number of hydrogen-bond donors (Lipinski definition) is 1. The molecule has 0 spiro atoms. The number of halogens is 1. The molecule has 7 heteroatoms. The first kappa shape index (κ1) is 16.4. The summed E-state index contributed by atoms with van der Waals surface area (Å²) >= 11 is 0. The largest absolute Gasteiger partial charge is 0.369 e. The van der Waals surface area contributed by atoms with Crippen molar-refractivity contribution < 1.29 is 9.31 Å². The fourth-order valence-corrected chi connectivity index (χ4v) is 2.49. The van der Waals surface area contributed by atoms with Crippen LogP contribution < -0.4 is 10.6 Å². The van der Waals surface area contributed by atoms with E-state index in [0.717, 1.165) is 22.9 Å². The van der Waals surface area contributed by atoms with Crippen molar-refractivity contribution in [2.24, 2.45) is 10.7 Å². The Balaban J connectivity index is 1.99. The predicted octanol–water partition coefficient (Wildman–Crippen LogP) is 3.97. The monoisotopic (exact) mass is 338 g/mol. The molecule has 0 saturated carbocycles. The van der Waals surface area contributed by atoms with Crippen LogP contribution in [0.2, 0.25) is 0 Å². The number of rotatable bonds is 3. The molecular formula is C18H15FN4O2. The number of hydrogen-bond acceptors (Lipinski definition) is 3. The minimum atomic E-state index is -0.897. The van der Waals surface area contributed by atoms with Crippen molar-refractivity contribution >= 4 is 33.8 Å². The van der Waals surface area contributed by atoms with Gasteiger partial charge in [-0.3, -0.25) is 10.1 Å². The zero-order chi connectivity index (χ0) is 18.0. The fraction of sp³-hybridized carbons (Fsp3) is 0.0556. The van der Waals surface area contributed by atoms with E-state index in [1.54, 1.807) is 7.05 Å². The summed E-state index contributed by atoms with van der Waals surface area (Å²) in [5.41, 5.74) is 6.49. The van der Waals surface area contributed by atoms with Crippen LogP contribution in [0.4, 0.5) is 21.5 Å². The standard InChI is InChI=1S/C18H15FN4O2/c1-22(13-9-10-15(19)17(11-13)23(24)25)18(20)21-16-8-4-6-12-5-2-3-7-14(12)16/h2-11H,1H3,(H2,20,21). The Bertz CT molecular complexity index is 982. The molecule has 0 heterocycles. The lowest BCUT2D eigenvalue weighted by Gasteiger charge is -2.18. The highest BCUT2D eigenvalue weighted by molar-refractivity contribution is 6.00. The van der Waals surface area contributed by atoms with Gasteiger partial charge in [0.05, 0.1) is 16.3 Å². The van der Waals surface area contributed by atoms with Crippen molar-refractivity contribution in [1.82, 2.24) is 0 Å². The first-order chi connectivity index (χ1) is 12.0. The SMILES string of the molecule is CN(C(N)=Nc1cccc2ccccc12)c1ccc(F)c([N+](=O)[O-])c1. The van der Waals surface area contributed by atoms with Crippen LogP contribution in [0.25, 0.3) is 10.8 Å². The molecule has 0 aliphatic carbocycles. The van der Waals surface area contributed by atoms with Gasteiger partial charge in [0, 0.05) is 18.5 Å². The Labute approximate surface area is 143 Å². The maximum absolute atomic E-state index is 13.5. The van der Waals surface area contributed by atoms with Crippen molar-refractivity contribution in [3.63, 3.8) is 0 Å². The van der Waals surface area contributed by atoms with Crippen molar-refractivity contribution in [2.45, 2.75) is 0 Å². The summed E-state index contributed by atoms with van der Waals surface area (Å²) in [6, 6.07) is 17.0. The second-order valence-electron chi connectivity index (χ2n) is 5.42. The lowest BCUT2D eigenvalue weighted by molar-refractivity contribution is -0.387. The van der Waals surface area contributed by atoms with E-state index in [0.29, 0.717) is 11.4 Å². The number of guanidine groups is 1. The van der Waals surface area contributed by atoms with Gasteiger partial charge in [0.1, 0.15) is 0 Å². The zero-order valence-electron chi connectivity index (χ0n) is 13.4. The van der Waals surface area contributed by atoms with Crippen molar-refractivity contribution in [3.05, 3.63) is 76.6 Å². The highest BCUT2D eigenvalue weighted by Crippen LogP contribution is 2.27. The van der Waals surface area contributed by atoms with Crippen LogP contribution in [0.1, 0.15) is 0 Å². The maximum atomic E-state index is 13.5. The van der Waals surface area contributed by atoms with Crippen molar-refractivity contribution in [2.75, 3.05) is 11.9 Å². The molecule has 0 bridgehead atoms. The molecular weight excluding hydrogens is 323 g/mol. The van der Waals surface area contributed by atoms with Crippen LogP contribution in [0.15, 0.2) is 65.7 Å². The van der Waals surface area contributed by atoms with Crippen molar-refractivity contribution in [1.29, 1.82) is 0 Å². The summed E-state index contributed by atoms with van der Waals surface area (Å²) in [5, 5.41) is 12.9. The number of anilines is 1. The van der Waals surface area contributed by atoms with E-state index in [9.17, 15) is 14.5 Å². The molecule has 0 amide bonds. The Morgan fingerprint density at radius 3 is 2.64 bits per heavy atom. The van der Waals surface area contributed by atoms with Gasteiger partial charge in [-0.05, 0) is 23.6 Å². The lowest BCUT2D eigenvalue weighted by atomic mass is 10.1. The molecule has 6 nitrogen and oxygen atoms in total. The summed E-state index contributed by atoms with van der Waals surface area (Å²) in [7, 11) is 1.61. The molecule has 0 fully saturated rings. The van der Waals surface area contributed by atoms with Gasteiger partial charge >= 0.3 is 5.69 Å². The normalized spacial score (nSPS) is 11.5. The summed E-state index contributed by atoms with van der Waals surface area (Å²) in [6.45, 7) is 0. The van der Waals surface area contributed by atoms with Crippen LogP contribution in [0, 0.1) is 15.9 Å². The molecule has 0 aliphatic heterocycles. The van der Waals surface area contributed by atoms with Crippen molar-refractivity contribution in [3.8, 4) is 0 Å². The third-order valence-electron chi connectivity index (χ3n) is 3.86. The van der Waals surface area contributed by atoms with E-state index >= 15 is 0 Å². The van der Waals surface area contributed by atoms with Crippen LogP contribution in [-0.2, 0) is 0 Å². The van der Waals surface area contributed by atoms with Gasteiger partial charge in [-0.15, -0.1) is 0 Å². The average Bonchev–Trinajstić information content (AvgIpc) is 2.61. The molecule has 0 atom stereocenters. The van der Waals surface area contributed by atoms with Gasteiger partial charge < -0.3 is 10.6 Å². The number of nitrogens with zero attached hydrogens (tertiary/aromatic N) is 3. The molecule has 126 valence electrons. The first-order valence-corrected chi connectivity index (χ1v) is 7.47. The summed E-state index contributed by atoms with van der Waals surface area (Å²) in [6.07, 6.45) is 0. The smallest absolute Gasteiger partial charge is 0.306 e. The van der Waals surface area contributed by atoms with Crippen LogP contribution >= 0.6 is 0 Å². The maximum Gasteiger partial charge on any atom is 0.306 e. The van der Waals surface area contributed by atoms with E-state index in [1.165, 1.54) is 11.0 Å². The average molecular weight is 338 g/mol. The van der Waals surface area contributed by atoms with Crippen LogP contribution in [0.3, 0.4) is 0 Å². The van der Waals surface area contributed by atoms with E-state index in [2.05, 4.69) is 4.99 Å². The summed E-state index contributed by atoms with van der Waals surface area (Å²) < 4.78 is 13.5. The fourth-order valence-electron chi connectivity index (χ4n) is 2.49. The van der Waals surface area contributed by atoms with E-state index < -0.39 is 16.4 Å². The number of aliphatic imine (C=N–C) groups is 1. The van der Waals surface area contributed by atoms with Gasteiger partial charge in [0.15, 0.2) is 0 Å². The quantitative estimate of drug-likeness (QED) is 0.339. The minimum absolute atomic E-state index is 0.136. The van der Waals surface area contributed by atoms with Gasteiger partial charge in [-0.2, -0.15) is 4.39 Å². The van der Waals surface area contributed by atoms with Gasteiger partial charge in [0.2, 0.25) is 11.8 Å². The van der Waals surface area contributed by atoms with Gasteiger partial charge in [-0.25, -0.2) is 4.99 Å². The number of fused-ring (bicyclic) bond motifs is 1. The first-order valence-electron chi connectivity index (χ1n) is 7.47. The number of nitro benzene ring substituents is 1. The van der Waals surface area contributed by atoms with E-state index in [-0.39, 0.29) is 5.96 Å². The van der Waals surface area contributed by atoms with Crippen LogP contribution in [-0.4, -0.2) is 17.9 Å². The topological polar surface area (TPSA) is 84.8 Å². The van der Waals surface area contributed by atoms with E-state index in [1.807, 2.05) is 42.5 Å². The Morgan fingerprint density at radius 1 is 1.16 bits per heavy atom. The van der Waals surface area contributed by atoms with E-state index in [4.69, 9.17) is 5.73 Å². The zero-order valence-corrected chi connectivity index (χ0v) is 13.4. The van der Waals surface area contributed by atoms with Gasteiger partial charge in [-0.1, -0.05) is 36.4 Å². The Morgan fingerprint density at radius 2 is 1.88 bits per heavy atom. The molecule has 0 aliphatic rings. The number of nitro groups is 1. The van der Waals surface area contributed by atoms with Gasteiger partial charge in [0.25, 0.3) is 0 Å². The molecule has 2 N–H and O–H groups in total. The third-order valence-corrected chi connectivity index (χ3v) is 3.86. The lowest BCUT2D eigenvalue weighted by Crippen LogP contribution is -2.33. The number of benzene rings is 3. The molecule has 0 radical (unpaired) electrons. The molecule has 3 aromatic rings. The summed E-state index contributed by atoms with van der Waals surface area (Å²) in [5.74, 6) is -0.760. The Hall–Kier alpha value is -3.48. The second kappa shape index (κ2) is 6.56. The molecule has 3 aromatic carbocycles. The van der Waals surface area contributed by atoms with Crippen LogP contribution in [0.5, 0.6) is 0 Å². The highest BCUT2D eigenvalue weighted by Gasteiger charge is 2.17.